The van der Waals surface area contributed by atoms with Crippen LogP contribution in [0, 0.1) is 5.41 Å². The van der Waals surface area contributed by atoms with E-state index in [-0.39, 0.29) is 22.2 Å². The van der Waals surface area contributed by atoms with Gasteiger partial charge in [-0.15, -0.1) is 0 Å². The summed E-state index contributed by atoms with van der Waals surface area (Å²) in [6.45, 7) is 4.31. The summed E-state index contributed by atoms with van der Waals surface area (Å²) >= 11 is 0. The normalized spacial score (nSPS) is 19.9. The summed E-state index contributed by atoms with van der Waals surface area (Å²) < 4.78 is 61.1. The second-order valence-corrected chi connectivity index (χ2v) is 10.5. The predicted molar refractivity (Wildman–Crippen MR) is 101 cm³/mol. The number of nitrogens with zero attached hydrogens (tertiary/aromatic N) is 2. The number of alkyl halides is 2. The van der Waals surface area contributed by atoms with Crippen LogP contribution in [0.15, 0.2) is 29.2 Å². The van der Waals surface area contributed by atoms with Gasteiger partial charge in [-0.3, -0.25) is 0 Å². The minimum atomic E-state index is -3.71. The van der Waals surface area contributed by atoms with E-state index in [1.807, 2.05) is 20.8 Å². The van der Waals surface area contributed by atoms with Crippen molar-refractivity contribution in [2.24, 2.45) is 5.41 Å². The van der Waals surface area contributed by atoms with Crippen LogP contribution in [0.3, 0.4) is 0 Å². The maximum Gasteiger partial charge on any atom is 0.410 e. The molecule has 0 radical (unpaired) electrons. The topological polar surface area (TPSA) is 76.2 Å². The molecule has 2 fully saturated rings. The molecule has 2 saturated heterocycles. The number of carbonyl (C=O) groups is 1. The number of ether oxygens (including phenoxy) is 2. The highest BCUT2D eigenvalue weighted by Gasteiger charge is 2.49. The molecule has 2 aliphatic rings. The van der Waals surface area contributed by atoms with Crippen molar-refractivity contribution in [3.05, 3.63) is 24.3 Å². The second kappa shape index (κ2) is 7.71. The lowest BCUT2D eigenvalue weighted by molar-refractivity contribution is -0.0522. The van der Waals surface area contributed by atoms with E-state index in [4.69, 9.17) is 4.74 Å². The Balaban J connectivity index is 1.56. The Labute approximate surface area is 169 Å². The molecule has 0 bridgehead atoms. The van der Waals surface area contributed by atoms with Gasteiger partial charge in [-0.05, 0) is 57.9 Å². The molecule has 2 aliphatic heterocycles. The van der Waals surface area contributed by atoms with Crippen LogP contribution in [0.5, 0.6) is 5.75 Å². The molecule has 2 heterocycles. The Morgan fingerprint density at radius 2 is 1.66 bits per heavy atom. The maximum absolute atomic E-state index is 12.8. The standard InChI is InChI=1S/C19H26F2N2O5S/c1-18(2,3)28-17(24)22-12-19(13-22)8-10-23(11-9-19)29(25,26)15-6-4-14(5-7-15)27-16(20)21/h4-7,16H,8-13H2,1-3H3. The molecular formula is C19H26F2N2O5S. The number of benzene rings is 1. The van der Waals surface area contributed by atoms with Gasteiger partial charge in [0.2, 0.25) is 10.0 Å². The van der Waals surface area contributed by atoms with E-state index in [9.17, 15) is 22.0 Å². The first-order valence-corrected chi connectivity index (χ1v) is 10.9. The quantitative estimate of drug-likeness (QED) is 0.730. The Bertz CT molecular complexity index is 836. The summed E-state index contributed by atoms with van der Waals surface area (Å²) in [5, 5.41) is 0. The number of hydrogen-bond donors (Lipinski definition) is 0. The van der Waals surface area contributed by atoms with Crippen LogP contribution in [-0.2, 0) is 14.8 Å². The summed E-state index contributed by atoms with van der Waals surface area (Å²) in [5.41, 5.74) is -0.620. The molecule has 0 N–H and O–H groups in total. The minimum Gasteiger partial charge on any atom is -0.444 e. The second-order valence-electron chi connectivity index (χ2n) is 8.59. The molecule has 1 aromatic rings. The molecule has 0 aliphatic carbocycles. The third kappa shape index (κ3) is 4.98. The van der Waals surface area contributed by atoms with Gasteiger partial charge in [0.25, 0.3) is 0 Å². The van der Waals surface area contributed by atoms with E-state index in [0.717, 1.165) is 0 Å². The molecular weight excluding hydrogens is 406 g/mol. The molecule has 10 heteroatoms. The van der Waals surface area contributed by atoms with Crippen molar-refractivity contribution in [2.75, 3.05) is 26.2 Å². The van der Waals surface area contributed by atoms with Crippen molar-refractivity contribution in [1.29, 1.82) is 0 Å². The molecule has 1 amide bonds. The zero-order chi connectivity index (χ0) is 21.4. The first kappa shape index (κ1) is 21.8. The van der Waals surface area contributed by atoms with Gasteiger partial charge in [-0.2, -0.15) is 13.1 Å². The van der Waals surface area contributed by atoms with Gasteiger partial charge in [0.1, 0.15) is 11.4 Å². The number of piperidine rings is 1. The van der Waals surface area contributed by atoms with Crippen molar-refractivity contribution in [2.45, 2.75) is 50.7 Å². The predicted octanol–water partition coefficient (Wildman–Crippen LogP) is 3.31. The van der Waals surface area contributed by atoms with Crippen molar-refractivity contribution in [1.82, 2.24) is 9.21 Å². The van der Waals surface area contributed by atoms with Crippen LogP contribution in [0.4, 0.5) is 13.6 Å². The summed E-state index contributed by atoms with van der Waals surface area (Å²) in [6.07, 6.45) is 0.959. The molecule has 3 rings (SSSR count). The highest BCUT2D eigenvalue weighted by atomic mass is 32.2. The third-order valence-corrected chi connectivity index (χ3v) is 7.09. The highest BCUT2D eigenvalue weighted by molar-refractivity contribution is 7.89. The number of likely N-dealkylation sites (tertiary alicyclic amines) is 1. The number of hydrogen-bond acceptors (Lipinski definition) is 5. The van der Waals surface area contributed by atoms with E-state index < -0.39 is 22.2 Å². The first-order valence-electron chi connectivity index (χ1n) is 9.43. The van der Waals surface area contributed by atoms with E-state index in [1.165, 1.54) is 28.6 Å². The Hall–Kier alpha value is -1.94. The molecule has 1 spiro atoms. The van der Waals surface area contributed by atoms with Crippen LogP contribution in [0.25, 0.3) is 0 Å². The molecule has 0 aromatic heterocycles. The number of amides is 1. The summed E-state index contributed by atoms with van der Waals surface area (Å²) in [7, 11) is -3.71. The van der Waals surface area contributed by atoms with Crippen molar-refractivity contribution in [3.63, 3.8) is 0 Å². The van der Waals surface area contributed by atoms with Crippen molar-refractivity contribution in [3.8, 4) is 5.75 Å². The molecule has 1 aromatic carbocycles. The van der Waals surface area contributed by atoms with Gasteiger partial charge < -0.3 is 14.4 Å². The van der Waals surface area contributed by atoms with Crippen LogP contribution < -0.4 is 4.74 Å². The fourth-order valence-electron chi connectivity index (χ4n) is 3.68. The van der Waals surface area contributed by atoms with Gasteiger partial charge in [0.05, 0.1) is 4.90 Å². The zero-order valence-electron chi connectivity index (χ0n) is 16.7. The van der Waals surface area contributed by atoms with Gasteiger partial charge >= 0.3 is 12.7 Å². The van der Waals surface area contributed by atoms with Crippen LogP contribution in [0.2, 0.25) is 0 Å². The van der Waals surface area contributed by atoms with E-state index >= 15 is 0 Å². The van der Waals surface area contributed by atoms with E-state index in [0.29, 0.717) is 39.0 Å². The fraction of sp³-hybridized carbons (Fsp3) is 0.632. The third-order valence-electron chi connectivity index (χ3n) is 5.17. The average Bonchev–Trinajstić information content (AvgIpc) is 2.58. The SMILES string of the molecule is CC(C)(C)OC(=O)N1CC2(CCN(S(=O)(=O)c3ccc(OC(F)F)cc3)CC2)C1. The Kier molecular flexibility index (Phi) is 5.79. The molecule has 29 heavy (non-hydrogen) atoms. The zero-order valence-corrected chi connectivity index (χ0v) is 17.5. The summed E-state index contributed by atoms with van der Waals surface area (Å²) in [4.78, 5) is 13.8. The molecule has 0 unspecified atom stereocenters. The highest BCUT2D eigenvalue weighted by Crippen LogP contribution is 2.42. The van der Waals surface area contributed by atoms with Crippen molar-refractivity contribution >= 4 is 16.1 Å². The van der Waals surface area contributed by atoms with Crippen LogP contribution in [-0.4, -0.2) is 62.1 Å². The molecule has 0 atom stereocenters. The number of rotatable bonds is 4. The van der Waals surface area contributed by atoms with Crippen LogP contribution >= 0.6 is 0 Å². The molecule has 7 nitrogen and oxygen atoms in total. The summed E-state index contributed by atoms with van der Waals surface area (Å²) in [6, 6.07) is 4.97. The van der Waals surface area contributed by atoms with E-state index in [1.54, 1.807) is 4.90 Å². The van der Waals surface area contributed by atoms with Gasteiger partial charge in [-0.25, -0.2) is 13.2 Å². The smallest absolute Gasteiger partial charge is 0.410 e. The fourth-order valence-corrected chi connectivity index (χ4v) is 5.12. The maximum atomic E-state index is 12.8. The largest absolute Gasteiger partial charge is 0.444 e. The lowest BCUT2D eigenvalue weighted by Gasteiger charge is -2.53. The Morgan fingerprint density at radius 3 is 2.14 bits per heavy atom. The monoisotopic (exact) mass is 432 g/mol. The van der Waals surface area contributed by atoms with Gasteiger partial charge in [0.15, 0.2) is 0 Å². The van der Waals surface area contributed by atoms with E-state index in [2.05, 4.69) is 4.74 Å². The average molecular weight is 432 g/mol. The van der Waals surface area contributed by atoms with Crippen LogP contribution in [0.1, 0.15) is 33.6 Å². The minimum absolute atomic E-state index is 0.0408. The number of halogens is 2. The molecule has 162 valence electrons. The lowest BCUT2D eigenvalue weighted by atomic mass is 9.72. The lowest BCUT2D eigenvalue weighted by Crippen LogP contribution is -2.62. The molecule has 0 saturated carbocycles. The van der Waals surface area contributed by atoms with Gasteiger partial charge in [-0.1, -0.05) is 0 Å². The number of carbonyl (C=O) groups excluding carboxylic acids is 1. The number of sulfonamides is 1. The van der Waals surface area contributed by atoms with Gasteiger partial charge in [0, 0.05) is 31.6 Å². The summed E-state index contributed by atoms with van der Waals surface area (Å²) in [5.74, 6) is -0.0896. The first-order chi connectivity index (χ1) is 13.4. The van der Waals surface area contributed by atoms with Crippen molar-refractivity contribution < 1.29 is 31.5 Å². The Morgan fingerprint density at radius 1 is 1.10 bits per heavy atom.